The predicted octanol–water partition coefficient (Wildman–Crippen LogP) is -1.89. The average molecular weight is 337 g/mol. The molecule has 0 heterocycles. The third-order valence-corrected chi connectivity index (χ3v) is 2.71. The number of hydrogen-bond acceptors (Lipinski definition) is 10. The highest BCUT2D eigenvalue weighted by atomic mass is 16.6. The van der Waals surface area contributed by atoms with E-state index in [-0.39, 0.29) is 16.7 Å². The number of hydrogen-bond donors (Lipinski definition) is 3. The van der Waals surface area contributed by atoms with Crippen LogP contribution in [0.5, 0.6) is 0 Å². The molecule has 0 fully saturated rings. The zero-order chi connectivity index (χ0) is 18.3. The summed E-state index contributed by atoms with van der Waals surface area (Å²) < 4.78 is 8.82. The van der Waals surface area contributed by atoms with E-state index >= 15 is 0 Å². The fraction of sp³-hybridized carbons (Fsp3) is 0.214. The maximum absolute atomic E-state index is 11.9. The van der Waals surface area contributed by atoms with Gasteiger partial charge in [0.25, 0.3) is 0 Å². The Bertz CT molecular complexity index is 700. The number of carbonyl (C=O) groups excluding carboxylic acids is 5. The van der Waals surface area contributed by atoms with Gasteiger partial charge in [-0.25, -0.2) is 9.59 Å². The van der Waals surface area contributed by atoms with Gasteiger partial charge in [-0.05, 0) is 18.2 Å². The molecule has 1 aromatic rings. The second-order valence-electron chi connectivity index (χ2n) is 4.32. The van der Waals surface area contributed by atoms with Gasteiger partial charge in [0, 0.05) is 5.56 Å². The van der Waals surface area contributed by atoms with Crippen molar-refractivity contribution in [1.82, 2.24) is 0 Å². The minimum atomic E-state index is -1.12. The van der Waals surface area contributed by atoms with Crippen LogP contribution in [0.3, 0.4) is 0 Å². The van der Waals surface area contributed by atoms with Gasteiger partial charge >= 0.3 is 23.9 Å². The third-order valence-electron chi connectivity index (χ3n) is 2.71. The van der Waals surface area contributed by atoms with Crippen molar-refractivity contribution in [2.45, 2.75) is 0 Å². The highest BCUT2D eigenvalue weighted by Gasteiger charge is 2.22. The van der Waals surface area contributed by atoms with Crippen LogP contribution in [0.4, 0.5) is 0 Å². The highest BCUT2D eigenvalue weighted by Crippen LogP contribution is 2.15. The molecule has 0 saturated heterocycles. The Labute approximate surface area is 135 Å². The van der Waals surface area contributed by atoms with Gasteiger partial charge in [-0.2, -0.15) is 0 Å². The van der Waals surface area contributed by atoms with Crippen molar-refractivity contribution in [3.05, 3.63) is 34.9 Å². The first kappa shape index (κ1) is 19.1. The van der Waals surface area contributed by atoms with Crippen LogP contribution in [0, 0.1) is 0 Å². The summed E-state index contributed by atoms with van der Waals surface area (Å²) in [5, 5.41) is 0. The van der Waals surface area contributed by atoms with Crippen LogP contribution in [0.25, 0.3) is 0 Å². The number of esters is 4. The summed E-state index contributed by atoms with van der Waals surface area (Å²) in [6.45, 7) is -1.51. The third kappa shape index (κ3) is 4.78. The summed E-state index contributed by atoms with van der Waals surface area (Å²) in [4.78, 5) is 57.6. The zero-order valence-corrected chi connectivity index (χ0v) is 12.4. The van der Waals surface area contributed by atoms with E-state index in [0.29, 0.717) is 0 Å². The van der Waals surface area contributed by atoms with E-state index in [1.807, 2.05) is 0 Å². The molecule has 0 radical (unpaired) electrons. The van der Waals surface area contributed by atoms with Gasteiger partial charge in [-0.15, -0.1) is 0 Å². The fourth-order valence-electron chi connectivity index (χ4n) is 1.59. The molecule has 128 valence electrons. The van der Waals surface area contributed by atoms with Crippen LogP contribution in [0.15, 0.2) is 18.2 Å². The molecule has 0 spiro atoms. The summed E-state index contributed by atoms with van der Waals surface area (Å²) in [6.07, 6.45) is 0. The van der Waals surface area contributed by atoms with E-state index in [2.05, 4.69) is 9.47 Å². The van der Waals surface area contributed by atoms with Crippen molar-refractivity contribution < 1.29 is 33.4 Å². The minimum absolute atomic E-state index is 0.185. The van der Waals surface area contributed by atoms with Gasteiger partial charge in [0.1, 0.15) is 0 Å². The van der Waals surface area contributed by atoms with Crippen molar-refractivity contribution in [2.75, 3.05) is 19.6 Å². The topological polar surface area (TPSA) is 182 Å². The number of ketones is 1. The van der Waals surface area contributed by atoms with Gasteiger partial charge < -0.3 is 26.7 Å². The molecule has 24 heavy (non-hydrogen) atoms. The molecule has 1 rings (SSSR count). The largest absolute Gasteiger partial charge is 0.388 e. The molecular weight excluding hydrogens is 322 g/mol. The van der Waals surface area contributed by atoms with Crippen molar-refractivity contribution in [3.63, 3.8) is 0 Å². The second-order valence-corrected chi connectivity index (χ2v) is 4.32. The Morgan fingerprint density at radius 3 is 1.79 bits per heavy atom. The maximum Gasteiger partial charge on any atom is 0.346 e. The summed E-state index contributed by atoms with van der Waals surface area (Å²) in [5.74, 6) is -4.84. The first-order chi connectivity index (χ1) is 11.3. The summed E-state index contributed by atoms with van der Waals surface area (Å²) in [5.41, 5.74) is 14.6. The van der Waals surface area contributed by atoms with E-state index in [1.165, 1.54) is 0 Å². The van der Waals surface area contributed by atoms with Crippen LogP contribution in [0.2, 0.25) is 0 Å². The molecule has 0 amide bonds. The maximum atomic E-state index is 11.9. The number of Topliss-reactive ketones (excluding diaryl/α,β-unsaturated/α-hetero) is 1. The van der Waals surface area contributed by atoms with Crippen LogP contribution >= 0.6 is 0 Å². The molecule has 1 aromatic carbocycles. The van der Waals surface area contributed by atoms with Crippen molar-refractivity contribution in [3.8, 4) is 0 Å². The van der Waals surface area contributed by atoms with E-state index in [1.54, 1.807) is 0 Å². The number of carbonyl (C=O) groups is 5. The number of rotatable bonds is 6. The fourth-order valence-corrected chi connectivity index (χ4v) is 1.59. The molecular formula is C14H15N3O7. The Morgan fingerprint density at radius 2 is 1.29 bits per heavy atom. The van der Waals surface area contributed by atoms with Crippen LogP contribution in [-0.4, -0.2) is 49.3 Å². The zero-order valence-electron chi connectivity index (χ0n) is 12.4. The molecule has 0 aliphatic heterocycles. The molecule has 0 saturated carbocycles. The molecule has 10 nitrogen and oxygen atoms in total. The van der Waals surface area contributed by atoms with Crippen LogP contribution in [0.1, 0.15) is 31.1 Å². The summed E-state index contributed by atoms with van der Waals surface area (Å²) >= 11 is 0. The lowest BCUT2D eigenvalue weighted by atomic mass is 10.0. The van der Waals surface area contributed by atoms with Gasteiger partial charge in [0.2, 0.25) is 0 Å². The lowest BCUT2D eigenvalue weighted by Crippen LogP contribution is -2.24. The lowest BCUT2D eigenvalue weighted by molar-refractivity contribution is -0.137. The number of nitrogens with two attached hydrogens (primary N) is 3. The molecule has 0 unspecified atom stereocenters. The molecule has 0 aromatic heterocycles. The number of benzene rings is 1. The van der Waals surface area contributed by atoms with E-state index in [4.69, 9.17) is 17.2 Å². The average Bonchev–Trinajstić information content (AvgIpc) is 2.59. The quantitative estimate of drug-likeness (QED) is 0.301. The highest BCUT2D eigenvalue weighted by molar-refractivity contribution is 6.10. The van der Waals surface area contributed by atoms with Gasteiger partial charge in [-0.3, -0.25) is 14.4 Å². The van der Waals surface area contributed by atoms with Crippen LogP contribution in [-0.2, 0) is 19.1 Å². The molecule has 0 bridgehead atoms. The first-order valence-corrected chi connectivity index (χ1v) is 6.61. The summed E-state index contributed by atoms with van der Waals surface area (Å²) in [6, 6.07) is 3.19. The molecule has 0 aliphatic rings. The first-order valence-electron chi connectivity index (χ1n) is 6.61. The van der Waals surface area contributed by atoms with Gasteiger partial charge in [0.15, 0.2) is 5.78 Å². The van der Waals surface area contributed by atoms with Crippen LogP contribution < -0.4 is 17.2 Å². The molecule has 10 heteroatoms. The normalized spacial score (nSPS) is 9.96. The standard InChI is InChI=1S/C14H15N3O7/c15-4-10(18)9-3-7(13(21)23-11(19)5-16)1-2-8(9)14(22)24-12(20)6-17/h1-3H,4-6,15-17H2. The molecule has 0 atom stereocenters. The molecule has 6 N–H and O–H groups in total. The van der Waals surface area contributed by atoms with E-state index in [0.717, 1.165) is 18.2 Å². The monoisotopic (exact) mass is 337 g/mol. The smallest absolute Gasteiger partial charge is 0.346 e. The van der Waals surface area contributed by atoms with Crippen molar-refractivity contribution in [2.24, 2.45) is 17.2 Å². The molecule has 0 aliphatic carbocycles. The van der Waals surface area contributed by atoms with Gasteiger partial charge in [0.05, 0.1) is 30.8 Å². The lowest BCUT2D eigenvalue weighted by Gasteiger charge is -2.09. The van der Waals surface area contributed by atoms with E-state index in [9.17, 15) is 24.0 Å². The Kier molecular flexibility index (Phi) is 6.86. The van der Waals surface area contributed by atoms with Crippen molar-refractivity contribution >= 4 is 29.7 Å². The Balaban J connectivity index is 3.21. The van der Waals surface area contributed by atoms with E-state index < -0.39 is 49.3 Å². The SMILES string of the molecule is NCC(=O)OC(=O)c1ccc(C(=O)OC(=O)CN)c(C(=O)CN)c1. The minimum Gasteiger partial charge on any atom is -0.388 e. The summed E-state index contributed by atoms with van der Waals surface area (Å²) in [7, 11) is 0. The second kappa shape index (κ2) is 8.62. The number of ether oxygens (including phenoxy) is 2. The Hall–Kier alpha value is -2.95. The van der Waals surface area contributed by atoms with Crippen molar-refractivity contribution in [1.29, 1.82) is 0 Å². The predicted molar refractivity (Wildman–Crippen MR) is 78.8 cm³/mol. The Morgan fingerprint density at radius 1 is 0.750 bits per heavy atom. The van der Waals surface area contributed by atoms with Gasteiger partial charge in [-0.1, -0.05) is 0 Å².